The summed E-state index contributed by atoms with van der Waals surface area (Å²) in [6.45, 7) is 1.97. The number of hydrogen-bond acceptors (Lipinski definition) is 2. The average Bonchev–Trinajstić information content (AvgIpc) is 2.49. The predicted molar refractivity (Wildman–Crippen MR) is 91.5 cm³/mol. The quantitative estimate of drug-likeness (QED) is 0.615. The van der Waals surface area contributed by atoms with Crippen LogP contribution >= 0.6 is 39.1 Å². The Bertz CT molecular complexity index is 659. The van der Waals surface area contributed by atoms with Gasteiger partial charge >= 0.3 is 0 Å². The lowest BCUT2D eigenvalue weighted by Crippen LogP contribution is -1.98. The Labute approximate surface area is 143 Å². The molecule has 0 amide bonds. The van der Waals surface area contributed by atoms with Crippen molar-refractivity contribution < 1.29 is 9.47 Å². The van der Waals surface area contributed by atoms with Gasteiger partial charge in [0, 0.05) is 16.1 Å². The number of aryl methyl sites for hydroxylation is 1. The lowest BCUT2D eigenvalue weighted by atomic mass is 10.0. The number of alkyl halides is 1. The molecule has 5 heteroatoms. The molecule has 21 heavy (non-hydrogen) atoms. The van der Waals surface area contributed by atoms with E-state index in [1.165, 1.54) is 0 Å². The minimum Gasteiger partial charge on any atom is -0.493 e. The van der Waals surface area contributed by atoms with E-state index in [0.29, 0.717) is 16.5 Å². The first-order valence-corrected chi connectivity index (χ1v) is 7.96. The van der Waals surface area contributed by atoms with Crippen LogP contribution in [0.4, 0.5) is 0 Å². The van der Waals surface area contributed by atoms with Crippen molar-refractivity contribution in [1.82, 2.24) is 0 Å². The van der Waals surface area contributed by atoms with Crippen molar-refractivity contribution in [1.29, 1.82) is 0 Å². The summed E-state index contributed by atoms with van der Waals surface area (Å²) in [5.41, 5.74) is 3.01. The van der Waals surface area contributed by atoms with E-state index in [1.54, 1.807) is 20.3 Å². The zero-order valence-corrected chi connectivity index (χ0v) is 15.0. The highest BCUT2D eigenvalue weighted by atomic mass is 79.9. The summed E-state index contributed by atoms with van der Waals surface area (Å²) in [5, 5.41) is 1.36. The van der Waals surface area contributed by atoms with Crippen molar-refractivity contribution in [3.63, 3.8) is 0 Å². The summed E-state index contributed by atoms with van der Waals surface area (Å²) in [7, 11) is 3.19. The van der Waals surface area contributed by atoms with E-state index in [0.717, 1.165) is 21.7 Å². The fraction of sp³-hybridized carbons (Fsp3) is 0.250. The molecule has 0 N–H and O–H groups in total. The van der Waals surface area contributed by atoms with Gasteiger partial charge in [0.1, 0.15) is 0 Å². The molecule has 0 aliphatic heterocycles. The number of rotatable bonds is 4. The number of methoxy groups -OCH3 is 2. The molecule has 112 valence electrons. The van der Waals surface area contributed by atoms with Crippen LogP contribution in [0, 0.1) is 6.92 Å². The van der Waals surface area contributed by atoms with Gasteiger partial charge in [-0.3, -0.25) is 0 Å². The smallest absolute Gasteiger partial charge is 0.162 e. The number of ether oxygens (including phenoxy) is 2. The molecular weight excluding hydrogens is 375 g/mol. The van der Waals surface area contributed by atoms with Gasteiger partial charge < -0.3 is 9.47 Å². The Morgan fingerprint density at radius 3 is 2.14 bits per heavy atom. The highest BCUT2D eigenvalue weighted by Gasteiger charge is 2.18. The van der Waals surface area contributed by atoms with Gasteiger partial charge in [-0.25, -0.2) is 0 Å². The summed E-state index contributed by atoms with van der Waals surface area (Å²) < 4.78 is 10.6. The molecule has 0 aliphatic carbocycles. The van der Waals surface area contributed by atoms with Crippen LogP contribution in [0.2, 0.25) is 10.0 Å². The third-order valence-corrected chi connectivity index (χ3v) is 5.02. The van der Waals surface area contributed by atoms with Gasteiger partial charge in [0.2, 0.25) is 0 Å². The van der Waals surface area contributed by atoms with E-state index in [1.807, 2.05) is 31.2 Å². The molecule has 2 aromatic carbocycles. The molecule has 0 spiro atoms. The molecule has 0 saturated carbocycles. The zero-order chi connectivity index (χ0) is 15.6. The maximum Gasteiger partial charge on any atom is 0.162 e. The highest BCUT2D eigenvalue weighted by molar-refractivity contribution is 9.09. The molecule has 2 rings (SSSR count). The van der Waals surface area contributed by atoms with Crippen LogP contribution < -0.4 is 9.47 Å². The van der Waals surface area contributed by atoms with Gasteiger partial charge in [-0.05, 0) is 35.7 Å². The number of hydrogen-bond donors (Lipinski definition) is 0. The first-order chi connectivity index (χ1) is 9.97. The normalized spacial score (nSPS) is 12.1. The van der Waals surface area contributed by atoms with Gasteiger partial charge in [-0.1, -0.05) is 51.3 Å². The second-order valence-electron chi connectivity index (χ2n) is 4.60. The van der Waals surface area contributed by atoms with Crippen LogP contribution in [0.1, 0.15) is 21.5 Å². The largest absolute Gasteiger partial charge is 0.493 e. The summed E-state index contributed by atoms with van der Waals surface area (Å²) in [4.78, 5) is -0.0548. The van der Waals surface area contributed by atoms with Crippen molar-refractivity contribution in [2.24, 2.45) is 0 Å². The minimum atomic E-state index is -0.0548. The van der Waals surface area contributed by atoms with Gasteiger partial charge in [-0.2, -0.15) is 0 Å². The standard InChI is InChI=1S/C16H15BrCl2O2/c1-9-6-10(4-5-12(9)18)16(17)11-7-14(20-2)15(21-3)8-13(11)19/h4-8,16H,1-3H3. The monoisotopic (exact) mass is 388 g/mol. The van der Waals surface area contributed by atoms with Crippen LogP contribution in [0.5, 0.6) is 11.5 Å². The van der Waals surface area contributed by atoms with Crippen LogP contribution in [-0.4, -0.2) is 14.2 Å². The molecule has 0 radical (unpaired) electrons. The van der Waals surface area contributed by atoms with Crippen molar-refractivity contribution in [3.05, 3.63) is 57.1 Å². The summed E-state index contributed by atoms with van der Waals surface area (Å²) in [5.74, 6) is 1.25. The number of halogens is 3. The van der Waals surface area contributed by atoms with Crippen molar-refractivity contribution in [3.8, 4) is 11.5 Å². The second kappa shape index (κ2) is 6.91. The summed E-state index contributed by atoms with van der Waals surface area (Å²) >= 11 is 16.1. The third kappa shape index (κ3) is 3.47. The van der Waals surface area contributed by atoms with Crippen LogP contribution in [0.3, 0.4) is 0 Å². The van der Waals surface area contributed by atoms with Gasteiger partial charge in [0.15, 0.2) is 11.5 Å². The third-order valence-electron chi connectivity index (χ3n) is 3.25. The Hall–Kier alpha value is -0.900. The van der Waals surface area contributed by atoms with Gasteiger partial charge in [-0.15, -0.1) is 0 Å². The molecule has 0 aromatic heterocycles. The van der Waals surface area contributed by atoms with E-state index in [4.69, 9.17) is 32.7 Å². The molecule has 0 heterocycles. The molecule has 0 saturated heterocycles. The molecule has 0 fully saturated rings. The van der Waals surface area contributed by atoms with E-state index in [9.17, 15) is 0 Å². The van der Waals surface area contributed by atoms with E-state index < -0.39 is 0 Å². The molecule has 2 aromatic rings. The van der Waals surface area contributed by atoms with Crippen molar-refractivity contribution in [2.45, 2.75) is 11.8 Å². The topological polar surface area (TPSA) is 18.5 Å². The maximum absolute atomic E-state index is 6.36. The van der Waals surface area contributed by atoms with E-state index in [-0.39, 0.29) is 4.83 Å². The number of benzene rings is 2. The first kappa shape index (κ1) is 16.5. The zero-order valence-electron chi connectivity index (χ0n) is 11.9. The van der Waals surface area contributed by atoms with Crippen LogP contribution in [0.15, 0.2) is 30.3 Å². The first-order valence-electron chi connectivity index (χ1n) is 6.29. The molecule has 2 nitrogen and oxygen atoms in total. The molecule has 1 unspecified atom stereocenters. The van der Waals surface area contributed by atoms with Crippen LogP contribution in [0.25, 0.3) is 0 Å². The maximum atomic E-state index is 6.36. The highest BCUT2D eigenvalue weighted by Crippen LogP contribution is 2.41. The minimum absolute atomic E-state index is 0.0548. The second-order valence-corrected chi connectivity index (χ2v) is 6.33. The lowest BCUT2D eigenvalue weighted by molar-refractivity contribution is 0.354. The fourth-order valence-electron chi connectivity index (χ4n) is 2.07. The molecule has 0 bridgehead atoms. The fourth-order valence-corrected chi connectivity index (χ4v) is 3.24. The van der Waals surface area contributed by atoms with Gasteiger partial charge in [0.25, 0.3) is 0 Å². The van der Waals surface area contributed by atoms with Crippen molar-refractivity contribution in [2.75, 3.05) is 14.2 Å². The molecule has 0 aliphatic rings. The summed E-state index contributed by atoms with van der Waals surface area (Å²) in [6, 6.07) is 9.53. The van der Waals surface area contributed by atoms with E-state index >= 15 is 0 Å². The summed E-state index contributed by atoms with van der Waals surface area (Å²) in [6.07, 6.45) is 0. The Morgan fingerprint density at radius 1 is 0.952 bits per heavy atom. The Morgan fingerprint density at radius 2 is 1.57 bits per heavy atom. The molecule has 1 atom stereocenters. The van der Waals surface area contributed by atoms with E-state index in [2.05, 4.69) is 15.9 Å². The van der Waals surface area contributed by atoms with Crippen LogP contribution in [-0.2, 0) is 0 Å². The average molecular weight is 390 g/mol. The molecular formula is C16H15BrCl2O2. The predicted octanol–water partition coefficient (Wildman–Crippen LogP) is 5.80. The Balaban J connectivity index is 2.47. The lowest BCUT2D eigenvalue weighted by Gasteiger charge is -2.16. The Kier molecular flexibility index (Phi) is 5.42. The van der Waals surface area contributed by atoms with Gasteiger partial charge in [0.05, 0.1) is 19.0 Å². The van der Waals surface area contributed by atoms with Crippen molar-refractivity contribution >= 4 is 39.1 Å². The SMILES string of the molecule is COc1cc(Cl)c(C(Br)c2ccc(Cl)c(C)c2)cc1OC.